The molecule has 4 amide bonds. The van der Waals surface area contributed by atoms with Crippen LogP contribution in [0, 0.1) is 17.8 Å². The number of ether oxygens (including phenoxy) is 2. The molecule has 1 aromatic carbocycles. The van der Waals surface area contributed by atoms with E-state index < -0.39 is 106 Å². The van der Waals surface area contributed by atoms with Crippen LogP contribution in [0.15, 0.2) is 42.6 Å². The summed E-state index contributed by atoms with van der Waals surface area (Å²) in [7, 11) is -4.06. The summed E-state index contributed by atoms with van der Waals surface area (Å²) in [5.41, 5.74) is -4.83. The lowest BCUT2D eigenvalue weighted by Crippen LogP contribution is -2.66. The van der Waals surface area contributed by atoms with Crippen molar-refractivity contribution < 1.29 is 64.1 Å². The molecule has 1 aromatic heterocycles. The van der Waals surface area contributed by atoms with E-state index in [4.69, 9.17) is 9.47 Å². The lowest BCUT2D eigenvalue weighted by atomic mass is 9.85. The molecule has 3 fully saturated rings. The van der Waals surface area contributed by atoms with Crippen LogP contribution in [0.25, 0.3) is 10.8 Å². The first kappa shape index (κ1) is 43.8. The molecule has 4 aliphatic rings. The maximum Gasteiger partial charge on any atom is 0.411 e. The highest BCUT2D eigenvalue weighted by Gasteiger charge is 2.63. The molecule has 2 aliphatic heterocycles. The highest BCUT2D eigenvalue weighted by molar-refractivity contribution is 7.91. The lowest BCUT2D eigenvalue weighted by Gasteiger charge is -2.45. The number of fused-ring (bicyclic) bond motifs is 3. The van der Waals surface area contributed by atoms with E-state index >= 15 is 0 Å². The smallest absolute Gasteiger partial charge is 0.411 e. The highest BCUT2D eigenvalue weighted by atomic mass is 32.2. The van der Waals surface area contributed by atoms with Gasteiger partial charge in [-0.1, -0.05) is 44.2 Å². The summed E-state index contributed by atoms with van der Waals surface area (Å²) < 4.78 is 109. The summed E-state index contributed by atoms with van der Waals surface area (Å²) >= 11 is 0. The van der Waals surface area contributed by atoms with Crippen molar-refractivity contribution in [1.82, 2.24) is 24.8 Å². The number of allylic oxidation sites excluding steroid dienone is 1. The van der Waals surface area contributed by atoms with Gasteiger partial charge in [-0.3, -0.25) is 24.0 Å². The van der Waals surface area contributed by atoms with Gasteiger partial charge in [-0.15, -0.1) is 0 Å². The summed E-state index contributed by atoms with van der Waals surface area (Å²) in [6.45, 7) is 3.24. The van der Waals surface area contributed by atoms with Crippen LogP contribution in [0.2, 0.25) is 0 Å². The molecule has 0 radical (unpaired) electrons. The number of nitrogens with zero attached hydrogens (tertiary/aromatic N) is 3. The molecule has 7 atom stereocenters. The highest BCUT2D eigenvalue weighted by Crippen LogP contribution is 2.47. The number of benzene rings is 1. The third-order valence-electron chi connectivity index (χ3n) is 11.7. The maximum absolute atomic E-state index is 15.0. The standard InChI is InChI=1S/C39H48F5N5O9S/c1-21-9-5-6-10-23-17-38(23,35(52)47-59(55,56)25-13-14-25)46-32(50)28-16-24(58-33-27-12-8-7-11-26(27)29(18-45-33)57-20-30(40)41)19-48(28)34(51)31(22(2)15-21)49(36(53)54)37(3,4)39(42,43)44/h6-8,10-12,18,21-25,28,30-31H,5,9,13-17,19-20H2,1-4H3,(H,46,50)(H,47,52)(H,53,54)/b10-6-/t21-,22-,23-,24-,28+,31+,38-/m1/s1. The molecular formula is C39H48F5N5O9S. The van der Waals surface area contributed by atoms with E-state index in [0.29, 0.717) is 50.3 Å². The number of aromatic nitrogens is 1. The minimum absolute atomic E-state index is 0.0134. The van der Waals surface area contributed by atoms with Crippen molar-refractivity contribution in [1.29, 1.82) is 0 Å². The van der Waals surface area contributed by atoms with Gasteiger partial charge >= 0.3 is 12.3 Å². The van der Waals surface area contributed by atoms with Crippen LogP contribution in [-0.4, -0.2) is 112 Å². The van der Waals surface area contributed by atoms with Crippen molar-refractivity contribution in [3.63, 3.8) is 0 Å². The molecular weight excluding hydrogens is 810 g/mol. The molecule has 14 nitrogen and oxygen atoms in total. The van der Waals surface area contributed by atoms with Crippen molar-refractivity contribution in [2.45, 2.75) is 120 Å². The second kappa shape index (κ2) is 16.4. The molecule has 3 heterocycles. The number of sulfonamides is 1. The first-order valence-electron chi connectivity index (χ1n) is 19.5. The largest absolute Gasteiger partial charge is 0.485 e. The number of nitrogens with one attached hydrogen (secondary N) is 2. The Labute approximate surface area is 337 Å². The molecule has 6 rings (SSSR count). The molecule has 0 unspecified atom stereocenters. The van der Waals surface area contributed by atoms with Gasteiger partial charge in [-0.25, -0.2) is 27.0 Å². The molecule has 2 saturated carbocycles. The Morgan fingerprint density at radius 3 is 2.41 bits per heavy atom. The first-order chi connectivity index (χ1) is 27.6. The van der Waals surface area contributed by atoms with Crippen LogP contribution >= 0.6 is 0 Å². The second-order valence-electron chi connectivity index (χ2n) is 16.6. The molecule has 0 bridgehead atoms. The Bertz CT molecular complexity index is 2100. The van der Waals surface area contributed by atoms with Gasteiger partial charge in [0, 0.05) is 23.1 Å². The SMILES string of the molecule is C[C@@H]1CC/C=C\[C@@H]2C[C@@]2(C(=O)NS(=O)(=O)C2CC2)NC(=O)[C@@H]2C[C@@H](Oc3ncc(OCC(F)F)c4ccccc34)CN2C(=O)[C@@H](N(C(=O)O)C(C)(C)C(F)(F)F)[C@H](C)C1. The zero-order valence-corrected chi connectivity index (χ0v) is 33.7. The average molecular weight is 858 g/mol. The number of hydrogen-bond donors (Lipinski definition) is 3. The zero-order valence-electron chi connectivity index (χ0n) is 32.9. The van der Waals surface area contributed by atoms with Crippen LogP contribution < -0.4 is 19.5 Å². The molecule has 59 heavy (non-hydrogen) atoms. The number of halogens is 5. The van der Waals surface area contributed by atoms with Gasteiger partial charge in [0.2, 0.25) is 27.7 Å². The number of carbonyl (C=O) groups is 4. The van der Waals surface area contributed by atoms with Crippen LogP contribution in [0.5, 0.6) is 11.6 Å². The third kappa shape index (κ3) is 9.06. The minimum atomic E-state index is -5.13. The van der Waals surface area contributed by atoms with E-state index in [0.717, 1.165) is 11.1 Å². The zero-order chi connectivity index (χ0) is 43.2. The monoisotopic (exact) mass is 857 g/mol. The van der Waals surface area contributed by atoms with Gasteiger partial charge in [0.25, 0.3) is 12.3 Å². The summed E-state index contributed by atoms with van der Waals surface area (Å²) in [5, 5.41) is 13.0. The van der Waals surface area contributed by atoms with Crippen molar-refractivity contribution in [2.75, 3.05) is 13.2 Å². The molecule has 324 valence electrons. The molecule has 2 aromatic rings. The predicted octanol–water partition coefficient (Wildman–Crippen LogP) is 5.41. The number of pyridine rings is 1. The van der Waals surface area contributed by atoms with Gasteiger partial charge in [0.1, 0.15) is 41.6 Å². The molecule has 0 spiro atoms. The van der Waals surface area contributed by atoms with Crippen molar-refractivity contribution in [3.8, 4) is 11.6 Å². The summed E-state index contributed by atoms with van der Waals surface area (Å²) in [4.78, 5) is 61.4. The fourth-order valence-electron chi connectivity index (χ4n) is 8.15. The molecule has 20 heteroatoms. The van der Waals surface area contributed by atoms with Crippen molar-refractivity contribution >= 4 is 44.6 Å². The molecule has 1 saturated heterocycles. The number of alkyl halides is 5. The minimum Gasteiger partial charge on any atom is -0.485 e. The van der Waals surface area contributed by atoms with E-state index in [1.54, 1.807) is 36.4 Å². The van der Waals surface area contributed by atoms with Gasteiger partial charge in [0.15, 0.2) is 0 Å². The maximum atomic E-state index is 15.0. The number of carboxylic acid groups (broad SMARTS) is 1. The topological polar surface area (TPSA) is 185 Å². The van der Waals surface area contributed by atoms with E-state index in [1.807, 2.05) is 6.92 Å². The summed E-state index contributed by atoms with van der Waals surface area (Å²) in [5.74, 6) is -4.93. The van der Waals surface area contributed by atoms with E-state index in [9.17, 15) is 54.7 Å². The third-order valence-corrected chi connectivity index (χ3v) is 13.5. The Morgan fingerprint density at radius 2 is 1.78 bits per heavy atom. The van der Waals surface area contributed by atoms with Gasteiger partial charge in [-0.05, 0) is 70.3 Å². The fourth-order valence-corrected chi connectivity index (χ4v) is 9.51. The van der Waals surface area contributed by atoms with Crippen molar-refractivity contribution in [3.05, 3.63) is 42.6 Å². The van der Waals surface area contributed by atoms with Gasteiger partial charge in [0.05, 0.1) is 18.0 Å². The van der Waals surface area contributed by atoms with Crippen molar-refractivity contribution in [2.24, 2.45) is 17.8 Å². The van der Waals surface area contributed by atoms with E-state index in [2.05, 4.69) is 15.0 Å². The predicted molar refractivity (Wildman–Crippen MR) is 202 cm³/mol. The van der Waals surface area contributed by atoms with Gasteiger partial charge < -0.3 is 24.8 Å². The lowest BCUT2D eigenvalue weighted by molar-refractivity contribution is -0.222. The second-order valence-corrected chi connectivity index (χ2v) is 18.5. The fraction of sp³-hybridized carbons (Fsp3) is 0.615. The number of carbonyl (C=O) groups excluding carboxylic acids is 3. The number of rotatable bonds is 10. The van der Waals surface area contributed by atoms with E-state index in [-0.39, 0.29) is 41.7 Å². The van der Waals surface area contributed by atoms with Crippen LogP contribution in [-0.2, 0) is 24.4 Å². The first-order valence-corrected chi connectivity index (χ1v) is 21.0. The Kier molecular flexibility index (Phi) is 12.2. The van der Waals surface area contributed by atoms with Crippen LogP contribution in [0.1, 0.15) is 72.6 Å². The number of hydrogen-bond acceptors (Lipinski definition) is 9. The Morgan fingerprint density at radius 1 is 1.10 bits per heavy atom. The molecule has 2 aliphatic carbocycles. The Hall–Kier alpha value is -4.75. The Balaban J connectivity index is 1.41. The van der Waals surface area contributed by atoms with Crippen LogP contribution in [0.3, 0.4) is 0 Å². The normalized spacial score (nSPS) is 28.7. The van der Waals surface area contributed by atoms with E-state index in [1.165, 1.54) is 6.92 Å². The molecule has 3 N–H and O–H groups in total. The van der Waals surface area contributed by atoms with Crippen LogP contribution in [0.4, 0.5) is 26.7 Å². The van der Waals surface area contributed by atoms with Gasteiger partial charge in [-0.2, -0.15) is 13.2 Å². The quantitative estimate of drug-likeness (QED) is 0.206. The average Bonchev–Trinajstić information content (AvgIpc) is 4.07. The summed E-state index contributed by atoms with van der Waals surface area (Å²) in [6.07, 6.45) is -4.95. The summed E-state index contributed by atoms with van der Waals surface area (Å²) in [6, 6.07) is 2.88. The number of amides is 4.